The van der Waals surface area contributed by atoms with Crippen molar-refractivity contribution in [3.05, 3.63) is 58.8 Å². The molecule has 1 aromatic heterocycles. The van der Waals surface area contributed by atoms with Crippen LogP contribution < -0.4 is 24.8 Å². The number of fused-ring (bicyclic) bond motifs is 1. The van der Waals surface area contributed by atoms with Crippen molar-refractivity contribution in [2.24, 2.45) is 0 Å². The van der Waals surface area contributed by atoms with Crippen LogP contribution in [0.15, 0.2) is 52.3 Å². The van der Waals surface area contributed by atoms with Crippen LogP contribution in [0.3, 0.4) is 0 Å². The highest BCUT2D eigenvalue weighted by atomic mass is 16.6. The maximum atomic E-state index is 13.6. The van der Waals surface area contributed by atoms with E-state index in [2.05, 4.69) is 20.9 Å². The van der Waals surface area contributed by atoms with E-state index in [1.807, 2.05) is 24.3 Å². The Hall–Kier alpha value is -4.21. The van der Waals surface area contributed by atoms with E-state index >= 15 is 0 Å². The van der Waals surface area contributed by atoms with Gasteiger partial charge in [-0.1, -0.05) is 12.1 Å². The molecule has 2 heterocycles. The second-order valence-electron chi connectivity index (χ2n) is 8.13. The van der Waals surface area contributed by atoms with Crippen LogP contribution in [0, 0.1) is 0 Å². The Morgan fingerprint density at radius 3 is 2.26 bits per heavy atom. The molecule has 3 N–H and O–H groups in total. The summed E-state index contributed by atoms with van der Waals surface area (Å²) in [7, 11) is 4.53. The zero-order chi connectivity index (χ0) is 23.8. The number of phenolic OH excluding ortho intramolecular Hbond substituents is 1. The second kappa shape index (κ2) is 8.62. The van der Waals surface area contributed by atoms with Crippen LogP contribution in [0.25, 0.3) is 0 Å². The summed E-state index contributed by atoms with van der Waals surface area (Å²) >= 11 is 0. The molecule has 0 saturated carbocycles. The first-order chi connectivity index (χ1) is 16.5. The summed E-state index contributed by atoms with van der Waals surface area (Å²) in [6.45, 7) is 0. The topological polar surface area (TPSA) is 128 Å². The number of carbonyl (C=O) groups is 1. The Morgan fingerprint density at radius 2 is 1.62 bits per heavy atom. The number of allylic oxidation sites excluding steroid dienone is 1. The Kier molecular flexibility index (Phi) is 5.48. The molecule has 10 nitrogen and oxygen atoms in total. The smallest absolute Gasteiger partial charge is 0.219 e. The number of ketones is 1. The van der Waals surface area contributed by atoms with Crippen LogP contribution in [-0.2, 0) is 4.79 Å². The number of aromatic nitrogens is 2. The number of hydrogen-bond acceptors (Lipinski definition) is 10. The van der Waals surface area contributed by atoms with Crippen molar-refractivity contribution in [2.75, 3.05) is 32.0 Å². The normalized spacial score (nSPS) is 19.3. The van der Waals surface area contributed by atoms with Gasteiger partial charge in [-0.05, 0) is 58.0 Å². The molecule has 1 aliphatic heterocycles. The van der Waals surface area contributed by atoms with Gasteiger partial charge >= 0.3 is 0 Å². The summed E-state index contributed by atoms with van der Waals surface area (Å²) in [5.41, 5.74) is 3.00. The average Bonchev–Trinajstić information content (AvgIpc) is 3.22. The summed E-state index contributed by atoms with van der Waals surface area (Å²) in [4.78, 5) is 13.6. The minimum atomic E-state index is -0.594. The van der Waals surface area contributed by atoms with Gasteiger partial charge in [0.1, 0.15) is 5.75 Å². The predicted octanol–water partition coefficient (Wildman–Crippen LogP) is 3.78. The number of rotatable bonds is 5. The quantitative estimate of drug-likeness (QED) is 0.513. The highest BCUT2D eigenvalue weighted by molar-refractivity contribution is 6.01. The summed E-state index contributed by atoms with van der Waals surface area (Å²) in [5.74, 6) is 1.84. The minimum absolute atomic E-state index is 0.0137. The second-order valence-corrected chi connectivity index (χ2v) is 8.13. The lowest BCUT2D eigenvalue weighted by Crippen LogP contribution is -2.27. The molecule has 2 aliphatic rings. The molecule has 0 fully saturated rings. The number of nitrogens with one attached hydrogen (secondary N) is 2. The van der Waals surface area contributed by atoms with Gasteiger partial charge in [0.15, 0.2) is 17.3 Å². The molecule has 5 rings (SSSR count). The molecule has 2 aromatic carbocycles. The van der Waals surface area contributed by atoms with E-state index in [-0.39, 0.29) is 28.9 Å². The molecule has 176 valence electrons. The number of anilines is 2. The molecule has 0 amide bonds. The fourth-order valence-electron chi connectivity index (χ4n) is 4.54. The van der Waals surface area contributed by atoms with Crippen molar-refractivity contribution in [1.29, 1.82) is 0 Å². The Labute approximate surface area is 195 Å². The molecular formula is C24H24N4O6. The molecule has 0 unspecified atom stereocenters. The third-order valence-corrected chi connectivity index (χ3v) is 6.26. The van der Waals surface area contributed by atoms with Crippen molar-refractivity contribution in [3.63, 3.8) is 0 Å². The third kappa shape index (κ3) is 3.66. The summed E-state index contributed by atoms with van der Waals surface area (Å²) < 4.78 is 20.8. The SMILES string of the molecule is COc1ccc([C@H]2CC(=O)C3=C(C2)Nc2nonc2N[C@@H]3c2cc(OC)c(O)c(OC)c2)cc1. The van der Waals surface area contributed by atoms with Crippen molar-refractivity contribution in [3.8, 4) is 23.0 Å². The number of nitrogens with zero attached hydrogens (tertiary/aromatic N) is 2. The van der Waals surface area contributed by atoms with Gasteiger partial charge < -0.3 is 30.0 Å². The number of carbonyl (C=O) groups excluding carboxylic acids is 1. The van der Waals surface area contributed by atoms with E-state index in [0.29, 0.717) is 35.6 Å². The van der Waals surface area contributed by atoms with Crippen LogP contribution in [0.4, 0.5) is 11.6 Å². The number of phenols is 1. The number of ether oxygens (including phenoxy) is 3. The van der Waals surface area contributed by atoms with Gasteiger partial charge in [0.2, 0.25) is 17.4 Å². The maximum absolute atomic E-state index is 13.6. The van der Waals surface area contributed by atoms with Crippen molar-refractivity contribution >= 4 is 17.4 Å². The van der Waals surface area contributed by atoms with Gasteiger partial charge in [-0.2, -0.15) is 0 Å². The van der Waals surface area contributed by atoms with Crippen LogP contribution in [-0.4, -0.2) is 42.5 Å². The number of hydrogen-bond donors (Lipinski definition) is 3. The van der Waals surface area contributed by atoms with E-state index in [9.17, 15) is 9.90 Å². The summed E-state index contributed by atoms with van der Waals surface area (Å²) in [6.07, 6.45) is 0.928. The summed E-state index contributed by atoms with van der Waals surface area (Å²) in [6, 6.07) is 10.5. The van der Waals surface area contributed by atoms with E-state index in [4.69, 9.17) is 18.8 Å². The molecular weight excluding hydrogens is 440 g/mol. The van der Waals surface area contributed by atoms with Crippen LogP contribution in [0.2, 0.25) is 0 Å². The molecule has 0 radical (unpaired) electrons. The highest BCUT2D eigenvalue weighted by Crippen LogP contribution is 2.46. The first-order valence-electron chi connectivity index (χ1n) is 10.7. The van der Waals surface area contributed by atoms with Crippen LogP contribution >= 0.6 is 0 Å². The lowest BCUT2D eigenvalue weighted by Gasteiger charge is -2.30. The van der Waals surface area contributed by atoms with E-state index in [0.717, 1.165) is 17.0 Å². The fraction of sp³-hybridized carbons (Fsp3) is 0.292. The zero-order valence-electron chi connectivity index (χ0n) is 18.9. The van der Waals surface area contributed by atoms with Gasteiger partial charge in [-0.25, -0.2) is 4.63 Å². The average molecular weight is 464 g/mol. The Bertz CT molecular complexity index is 1240. The molecule has 10 heteroatoms. The number of aromatic hydroxyl groups is 1. The van der Waals surface area contributed by atoms with Crippen molar-refractivity contribution in [1.82, 2.24) is 10.3 Å². The third-order valence-electron chi connectivity index (χ3n) is 6.26. The molecule has 0 saturated heterocycles. The van der Waals surface area contributed by atoms with E-state index in [1.165, 1.54) is 14.2 Å². The Morgan fingerprint density at radius 1 is 0.941 bits per heavy atom. The molecule has 3 aromatic rings. The van der Waals surface area contributed by atoms with Gasteiger partial charge in [0.05, 0.1) is 27.4 Å². The summed E-state index contributed by atoms with van der Waals surface area (Å²) in [5, 5.41) is 24.8. The lowest BCUT2D eigenvalue weighted by molar-refractivity contribution is -0.116. The van der Waals surface area contributed by atoms with Gasteiger partial charge in [-0.3, -0.25) is 4.79 Å². The van der Waals surface area contributed by atoms with Gasteiger partial charge in [-0.15, -0.1) is 0 Å². The highest BCUT2D eigenvalue weighted by Gasteiger charge is 2.38. The first-order valence-corrected chi connectivity index (χ1v) is 10.7. The Balaban J connectivity index is 1.60. The number of benzene rings is 2. The van der Waals surface area contributed by atoms with Gasteiger partial charge in [0, 0.05) is 17.7 Å². The molecule has 0 spiro atoms. The number of methoxy groups -OCH3 is 3. The lowest BCUT2D eigenvalue weighted by atomic mass is 9.78. The molecule has 1 aliphatic carbocycles. The molecule has 2 atom stereocenters. The number of Topliss-reactive ketones (excluding diaryl/α,β-unsaturated/α-hetero) is 1. The van der Waals surface area contributed by atoms with Crippen molar-refractivity contribution < 1.29 is 28.7 Å². The van der Waals surface area contributed by atoms with E-state index < -0.39 is 6.04 Å². The standard InChI is InChI=1S/C24H24N4O6/c1-31-15-6-4-12(5-7-15)13-8-16-20(17(29)9-13)21(26-24-23(25-16)27-34-28-24)14-10-18(32-2)22(30)19(11-14)33-3/h4-7,10-11,13,21,30H,8-9H2,1-3H3,(H,25,27)(H,26,28)/t13-,21-/m1/s1. The maximum Gasteiger partial charge on any atom is 0.219 e. The molecule has 0 bridgehead atoms. The van der Waals surface area contributed by atoms with E-state index in [1.54, 1.807) is 19.2 Å². The monoisotopic (exact) mass is 464 g/mol. The first kappa shape index (κ1) is 21.6. The van der Waals surface area contributed by atoms with Crippen LogP contribution in [0.5, 0.6) is 23.0 Å². The molecule has 34 heavy (non-hydrogen) atoms. The fourth-order valence-corrected chi connectivity index (χ4v) is 4.54. The van der Waals surface area contributed by atoms with Gasteiger partial charge in [0.25, 0.3) is 0 Å². The van der Waals surface area contributed by atoms with Crippen LogP contribution in [0.1, 0.15) is 35.9 Å². The van der Waals surface area contributed by atoms with Crippen molar-refractivity contribution in [2.45, 2.75) is 24.8 Å². The minimum Gasteiger partial charge on any atom is -0.502 e. The zero-order valence-corrected chi connectivity index (χ0v) is 18.9. The predicted molar refractivity (Wildman–Crippen MR) is 122 cm³/mol. The largest absolute Gasteiger partial charge is 0.502 e.